The molecule has 0 amide bonds. The predicted molar refractivity (Wildman–Crippen MR) is 98.5 cm³/mol. The lowest BCUT2D eigenvalue weighted by Gasteiger charge is -2.51. The summed E-state index contributed by atoms with van der Waals surface area (Å²) in [6, 6.07) is 9.00. The van der Waals surface area contributed by atoms with E-state index in [2.05, 4.69) is 47.7 Å². The summed E-state index contributed by atoms with van der Waals surface area (Å²) in [5, 5.41) is 1.23. The highest BCUT2D eigenvalue weighted by Gasteiger charge is 2.41. The standard InChI is InChI=1S/C21H26N2O/c1-4-15-13-23-10-8-16(15)11-21(23)14(2)18-7-9-22-20-6-5-17(24-3)12-19(18)20/h4-7,9,12,14-16,21H,1,8,10-11,13H2,2-3H3/t14-,15?,16?,21?/m1/s1. The van der Waals surface area contributed by atoms with E-state index in [1.165, 1.54) is 36.9 Å². The van der Waals surface area contributed by atoms with E-state index < -0.39 is 0 Å². The summed E-state index contributed by atoms with van der Waals surface area (Å²) in [6.07, 6.45) is 6.73. The Morgan fingerprint density at radius 1 is 1.38 bits per heavy atom. The van der Waals surface area contributed by atoms with Crippen molar-refractivity contribution in [3.8, 4) is 5.75 Å². The number of methoxy groups -OCH3 is 1. The number of nitrogens with zero attached hydrogens (tertiary/aromatic N) is 2. The van der Waals surface area contributed by atoms with Gasteiger partial charge in [-0.15, -0.1) is 6.58 Å². The lowest BCUT2D eigenvalue weighted by molar-refractivity contribution is 0.00925. The Labute approximate surface area is 144 Å². The number of hydrogen-bond acceptors (Lipinski definition) is 3. The third-order valence-electron chi connectivity index (χ3n) is 6.20. The molecule has 3 saturated heterocycles. The summed E-state index contributed by atoms with van der Waals surface area (Å²) in [7, 11) is 1.72. The van der Waals surface area contributed by atoms with Crippen LogP contribution in [0.1, 0.15) is 31.2 Å². The van der Waals surface area contributed by atoms with E-state index in [-0.39, 0.29) is 0 Å². The van der Waals surface area contributed by atoms with Gasteiger partial charge < -0.3 is 4.74 Å². The first kappa shape index (κ1) is 15.6. The Morgan fingerprint density at radius 3 is 2.96 bits per heavy atom. The molecule has 0 N–H and O–H groups in total. The van der Waals surface area contributed by atoms with Crippen molar-refractivity contribution in [3.63, 3.8) is 0 Å². The van der Waals surface area contributed by atoms with Crippen molar-refractivity contribution < 1.29 is 4.74 Å². The molecule has 1 aromatic carbocycles. The molecule has 3 fully saturated rings. The molecule has 3 heteroatoms. The van der Waals surface area contributed by atoms with Crippen LogP contribution >= 0.6 is 0 Å². The molecule has 5 atom stereocenters. The van der Waals surface area contributed by atoms with Gasteiger partial charge in [-0.3, -0.25) is 9.88 Å². The normalized spacial score (nSPS) is 30.2. The molecule has 4 unspecified atom stereocenters. The number of pyridine rings is 1. The lowest BCUT2D eigenvalue weighted by atomic mass is 9.71. The van der Waals surface area contributed by atoms with Crippen molar-refractivity contribution >= 4 is 10.9 Å². The van der Waals surface area contributed by atoms with Crippen LogP contribution in [0.3, 0.4) is 0 Å². The first-order valence-corrected chi connectivity index (χ1v) is 9.00. The fourth-order valence-electron chi connectivity index (χ4n) is 4.78. The smallest absolute Gasteiger partial charge is 0.119 e. The summed E-state index contributed by atoms with van der Waals surface area (Å²) in [5.74, 6) is 2.89. The van der Waals surface area contributed by atoms with Crippen molar-refractivity contribution in [1.82, 2.24) is 9.88 Å². The molecule has 0 radical (unpaired) electrons. The predicted octanol–water partition coefficient (Wildman–Crippen LogP) is 4.24. The molecule has 4 heterocycles. The summed E-state index contributed by atoms with van der Waals surface area (Å²) >= 11 is 0. The molecule has 5 rings (SSSR count). The van der Waals surface area contributed by atoms with Crippen LogP contribution in [-0.2, 0) is 0 Å². The maximum atomic E-state index is 5.43. The van der Waals surface area contributed by atoms with Gasteiger partial charge >= 0.3 is 0 Å². The van der Waals surface area contributed by atoms with Crippen LogP contribution in [0.25, 0.3) is 10.9 Å². The molecule has 0 aliphatic carbocycles. The summed E-state index contributed by atoms with van der Waals surface area (Å²) in [6.45, 7) is 8.83. The molecule has 3 aliphatic heterocycles. The van der Waals surface area contributed by atoms with E-state index >= 15 is 0 Å². The third-order valence-corrected chi connectivity index (χ3v) is 6.20. The van der Waals surface area contributed by atoms with Crippen LogP contribution in [0.5, 0.6) is 5.75 Å². The first-order chi connectivity index (χ1) is 11.7. The minimum atomic E-state index is 0.496. The molecule has 2 aromatic rings. The Morgan fingerprint density at radius 2 is 2.25 bits per heavy atom. The van der Waals surface area contributed by atoms with E-state index in [1.807, 2.05) is 12.3 Å². The van der Waals surface area contributed by atoms with Crippen LogP contribution in [0.2, 0.25) is 0 Å². The van der Waals surface area contributed by atoms with Crippen molar-refractivity contribution in [2.75, 3.05) is 20.2 Å². The highest BCUT2D eigenvalue weighted by molar-refractivity contribution is 5.84. The number of rotatable bonds is 4. The first-order valence-electron chi connectivity index (χ1n) is 9.00. The molecule has 2 bridgehead atoms. The van der Waals surface area contributed by atoms with E-state index in [1.54, 1.807) is 7.11 Å². The van der Waals surface area contributed by atoms with Crippen LogP contribution < -0.4 is 4.74 Å². The monoisotopic (exact) mass is 322 g/mol. The summed E-state index contributed by atoms with van der Waals surface area (Å²) in [5.41, 5.74) is 2.45. The van der Waals surface area contributed by atoms with E-state index in [0.717, 1.165) is 17.2 Å². The minimum Gasteiger partial charge on any atom is -0.497 e. The summed E-state index contributed by atoms with van der Waals surface area (Å²) in [4.78, 5) is 7.22. The Bertz CT molecular complexity index is 757. The number of aromatic nitrogens is 1. The molecular formula is C21H26N2O. The van der Waals surface area contributed by atoms with Crippen molar-refractivity contribution in [2.24, 2.45) is 11.8 Å². The molecule has 0 saturated carbocycles. The molecular weight excluding hydrogens is 296 g/mol. The maximum Gasteiger partial charge on any atom is 0.119 e. The van der Waals surface area contributed by atoms with E-state index in [4.69, 9.17) is 4.74 Å². The van der Waals surface area contributed by atoms with Crippen LogP contribution in [0.4, 0.5) is 0 Å². The molecule has 1 aromatic heterocycles. The molecule has 3 nitrogen and oxygen atoms in total. The second-order valence-corrected chi connectivity index (χ2v) is 7.32. The SMILES string of the molecule is C=CC1CN2CCC1CC2[C@H](C)c1ccnc2ccc(OC)cc12. The van der Waals surface area contributed by atoms with Gasteiger partial charge in [-0.05, 0) is 67.0 Å². The van der Waals surface area contributed by atoms with Gasteiger partial charge in [0.15, 0.2) is 0 Å². The minimum absolute atomic E-state index is 0.496. The van der Waals surface area contributed by atoms with Gasteiger partial charge in [-0.1, -0.05) is 13.0 Å². The Balaban J connectivity index is 1.69. The second-order valence-electron chi connectivity index (χ2n) is 7.32. The van der Waals surface area contributed by atoms with Gasteiger partial charge in [0, 0.05) is 24.2 Å². The van der Waals surface area contributed by atoms with Gasteiger partial charge in [0.2, 0.25) is 0 Å². The van der Waals surface area contributed by atoms with Gasteiger partial charge in [0.1, 0.15) is 5.75 Å². The third kappa shape index (κ3) is 2.51. The molecule has 126 valence electrons. The number of piperidine rings is 3. The molecule has 0 spiro atoms. The van der Waals surface area contributed by atoms with Gasteiger partial charge in [-0.25, -0.2) is 0 Å². The van der Waals surface area contributed by atoms with Gasteiger partial charge in [0.25, 0.3) is 0 Å². The average Bonchev–Trinajstić information content (AvgIpc) is 2.66. The number of hydrogen-bond donors (Lipinski definition) is 0. The molecule has 3 aliphatic rings. The summed E-state index contributed by atoms with van der Waals surface area (Å²) < 4.78 is 5.43. The van der Waals surface area contributed by atoms with Crippen molar-refractivity contribution in [1.29, 1.82) is 0 Å². The van der Waals surface area contributed by atoms with E-state index in [9.17, 15) is 0 Å². The fraction of sp³-hybridized carbons (Fsp3) is 0.476. The highest BCUT2D eigenvalue weighted by Crippen LogP contribution is 2.42. The fourth-order valence-corrected chi connectivity index (χ4v) is 4.78. The quantitative estimate of drug-likeness (QED) is 0.787. The number of ether oxygens (including phenoxy) is 1. The highest BCUT2D eigenvalue weighted by atomic mass is 16.5. The lowest BCUT2D eigenvalue weighted by Crippen LogP contribution is -2.54. The van der Waals surface area contributed by atoms with Crippen molar-refractivity contribution in [2.45, 2.75) is 31.7 Å². The maximum absolute atomic E-state index is 5.43. The zero-order chi connectivity index (χ0) is 16.7. The number of fused-ring (bicyclic) bond motifs is 4. The van der Waals surface area contributed by atoms with Crippen LogP contribution in [-0.4, -0.2) is 36.1 Å². The second kappa shape index (κ2) is 6.21. The average molecular weight is 322 g/mol. The zero-order valence-electron chi connectivity index (χ0n) is 14.6. The molecule has 24 heavy (non-hydrogen) atoms. The zero-order valence-corrected chi connectivity index (χ0v) is 14.6. The van der Waals surface area contributed by atoms with Crippen molar-refractivity contribution in [3.05, 3.63) is 48.7 Å². The Kier molecular flexibility index (Phi) is 4.05. The Hall–Kier alpha value is -1.87. The van der Waals surface area contributed by atoms with E-state index in [0.29, 0.717) is 17.9 Å². The topological polar surface area (TPSA) is 25.4 Å². The van der Waals surface area contributed by atoms with Crippen LogP contribution in [0.15, 0.2) is 43.1 Å². The van der Waals surface area contributed by atoms with Crippen LogP contribution in [0, 0.1) is 11.8 Å². The van der Waals surface area contributed by atoms with Gasteiger partial charge in [0.05, 0.1) is 12.6 Å². The van der Waals surface area contributed by atoms with Gasteiger partial charge in [-0.2, -0.15) is 0 Å². The largest absolute Gasteiger partial charge is 0.497 e. The number of benzene rings is 1.